The summed E-state index contributed by atoms with van der Waals surface area (Å²) in [5, 5.41) is 0. The van der Waals surface area contributed by atoms with Crippen LogP contribution in [-0.4, -0.2) is 19.1 Å². The molecule has 0 saturated carbocycles. The van der Waals surface area contributed by atoms with E-state index >= 15 is 0 Å². The van der Waals surface area contributed by atoms with Crippen molar-refractivity contribution in [3.05, 3.63) is 95.8 Å². The summed E-state index contributed by atoms with van der Waals surface area (Å²) in [7, 11) is 4.11. The predicted molar refractivity (Wildman–Crippen MR) is 98.4 cm³/mol. The number of aromatic nitrogens is 1. The first kappa shape index (κ1) is 15.0. The SMILES string of the molecule is CN(C)c1ccc(/C=C(\c2ccccc2)c2ccncc2)cc1. The molecule has 2 heteroatoms. The molecule has 3 rings (SSSR count). The van der Waals surface area contributed by atoms with E-state index in [9.17, 15) is 0 Å². The Balaban J connectivity index is 2.05. The van der Waals surface area contributed by atoms with Crippen molar-refractivity contribution in [3.63, 3.8) is 0 Å². The minimum absolute atomic E-state index is 1.17. The molecule has 0 bridgehead atoms. The van der Waals surface area contributed by atoms with E-state index < -0.39 is 0 Å². The van der Waals surface area contributed by atoms with E-state index in [4.69, 9.17) is 0 Å². The van der Waals surface area contributed by atoms with Gasteiger partial charge in [-0.3, -0.25) is 4.98 Å². The van der Waals surface area contributed by atoms with Crippen LogP contribution >= 0.6 is 0 Å². The molecule has 0 unspecified atom stereocenters. The summed E-state index contributed by atoms with van der Waals surface area (Å²) in [5.41, 5.74) is 5.96. The number of hydrogen-bond donors (Lipinski definition) is 0. The lowest BCUT2D eigenvalue weighted by molar-refractivity contribution is 1.13. The van der Waals surface area contributed by atoms with Gasteiger partial charge in [0.2, 0.25) is 0 Å². The average molecular weight is 300 g/mol. The summed E-state index contributed by atoms with van der Waals surface area (Å²) in [6.07, 6.45) is 5.90. The fourth-order valence-electron chi connectivity index (χ4n) is 2.52. The van der Waals surface area contributed by atoms with E-state index in [1.165, 1.54) is 28.0 Å². The number of hydrogen-bond acceptors (Lipinski definition) is 2. The lowest BCUT2D eigenvalue weighted by Crippen LogP contribution is -2.07. The van der Waals surface area contributed by atoms with Crippen LogP contribution in [0, 0.1) is 0 Å². The van der Waals surface area contributed by atoms with E-state index in [1.54, 1.807) is 0 Å². The summed E-state index contributed by atoms with van der Waals surface area (Å²) >= 11 is 0. The second-order valence-corrected chi connectivity index (χ2v) is 5.65. The van der Waals surface area contributed by atoms with Gasteiger partial charge in [0.05, 0.1) is 0 Å². The van der Waals surface area contributed by atoms with Crippen LogP contribution in [0.4, 0.5) is 5.69 Å². The van der Waals surface area contributed by atoms with Crippen molar-refractivity contribution in [2.75, 3.05) is 19.0 Å². The smallest absolute Gasteiger partial charge is 0.0361 e. The Labute approximate surface area is 137 Å². The van der Waals surface area contributed by atoms with Gasteiger partial charge in [-0.05, 0) is 52.6 Å². The van der Waals surface area contributed by atoms with Crippen molar-refractivity contribution in [2.24, 2.45) is 0 Å². The van der Waals surface area contributed by atoms with Gasteiger partial charge in [-0.25, -0.2) is 0 Å². The van der Waals surface area contributed by atoms with Crippen LogP contribution in [0.2, 0.25) is 0 Å². The summed E-state index contributed by atoms with van der Waals surface area (Å²) in [4.78, 5) is 6.23. The second kappa shape index (κ2) is 6.93. The molecular weight excluding hydrogens is 280 g/mol. The molecule has 0 spiro atoms. The lowest BCUT2D eigenvalue weighted by atomic mass is 9.96. The normalized spacial score (nSPS) is 11.3. The highest BCUT2D eigenvalue weighted by Gasteiger charge is 2.05. The Morgan fingerprint density at radius 3 is 2.00 bits per heavy atom. The monoisotopic (exact) mass is 300 g/mol. The second-order valence-electron chi connectivity index (χ2n) is 5.65. The molecule has 1 aromatic heterocycles. The third kappa shape index (κ3) is 3.67. The number of nitrogens with zero attached hydrogens (tertiary/aromatic N) is 2. The van der Waals surface area contributed by atoms with Gasteiger partial charge < -0.3 is 4.90 Å². The minimum atomic E-state index is 1.17. The van der Waals surface area contributed by atoms with Gasteiger partial charge in [0.15, 0.2) is 0 Å². The van der Waals surface area contributed by atoms with Gasteiger partial charge in [-0.1, -0.05) is 42.5 Å². The Hall–Kier alpha value is -2.87. The summed E-state index contributed by atoms with van der Waals surface area (Å²) in [6.45, 7) is 0. The van der Waals surface area contributed by atoms with Crippen LogP contribution in [0.1, 0.15) is 16.7 Å². The number of anilines is 1. The largest absolute Gasteiger partial charge is 0.378 e. The van der Waals surface area contributed by atoms with Crippen LogP contribution < -0.4 is 4.90 Å². The first-order chi connectivity index (χ1) is 11.2. The van der Waals surface area contributed by atoms with Crippen LogP contribution in [-0.2, 0) is 0 Å². The van der Waals surface area contributed by atoms with E-state index in [0.29, 0.717) is 0 Å². The molecule has 3 aromatic rings. The molecule has 0 N–H and O–H groups in total. The van der Waals surface area contributed by atoms with Crippen LogP contribution in [0.3, 0.4) is 0 Å². The molecule has 0 aliphatic carbocycles. The van der Waals surface area contributed by atoms with Crippen LogP contribution in [0.25, 0.3) is 11.6 Å². The topological polar surface area (TPSA) is 16.1 Å². The Kier molecular flexibility index (Phi) is 4.53. The van der Waals surface area contributed by atoms with Crippen molar-refractivity contribution in [1.82, 2.24) is 4.98 Å². The van der Waals surface area contributed by atoms with Crippen LogP contribution in [0.5, 0.6) is 0 Å². The quantitative estimate of drug-likeness (QED) is 0.647. The molecule has 2 nitrogen and oxygen atoms in total. The van der Waals surface area contributed by atoms with E-state index in [0.717, 1.165) is 0 Å². The van der Waals surface area contributed by atoms with E-state index in [2.05, 4.69) is 78.6 Å². The Morgan fingerprint density at radius 1 is 0.783 bits per heavy atom. The fraction of sp³-hybridized carbons (Fsp3) is 0.0952. The van der Waals surface area contributed by atoms with Crippen molar-refractivity contribution in [1.29, 1.82) is 0 Å². The van der Waals surface area contributed by atoms with Crippen molar-refractivity contribution in [2.45, 2.75) is 0 Å². The molecule has 0 aliphatic rings. The van der Waals surface area contributed by atoms with E-state index in [1.807, 2.05) is 30.6 Å². The number of rotatable bonds is 4. The zero-order valence-electron chi connectivity index (χ0n) is 13.5. The molecule has 1 heterocycles. The maximum atomic E-state index is 4.13. The highest BCUT2D eigenvalue weighted by Crippen LogP contribution is 2.26. The first-order valence-corrected chi connectivity index (χ1v) is 7.69. The van der Waals surface area contributed by atoms with Crippen molar-refractivity contribution in [3.8, 4) is 0 Å². The molecule has 0 saturated heterocycles. The fourth-order valence-corrected chi connectivity index (χ4v) is 2.52. The first-order valence-electron chi connectivity index (χ1n) is 7.69. The van der Waals surface area contributed by atoms with Gasteiger partial charge in [-0.2, -0.15) is 0 Å². The van der Waals surface area contributed by atoms with Gasteiger partial charge >= 0.3 is 0 Å². The van der Waals surface area contributed by atoms with Crippen molar-refractivity contribution >= 4 is 17.3 Å². The summed E-state index contributed by atoms with van der Waals surface area (Å²) < 4.78 is 0. The maximum absolute atomic E-state index is 4.13. The highest BCUT2D eigenvalue weighted by molar-refractivity contribution is 5.91. The molecule has 114 valence electrons. The zero-order valence-corrected chi connectivity index (χ0v) is 13.5. The molecule has 0 aliphatic heterocycles. The van der Waals surface area contributed by atoms with Gasteiger partial charge in [0.25, 0.3) is 0 Å². The molecular formula is C21H20N2. The zero-order chi connectivity index (χ0) is 16.1. The Bertz CT molecular complexity index is 732. The van der Waals surface area contributed by atoms with Gasteiger partial charge in [-0.15, -0.1) is 0 Å². The highest BCUT2D eigenvalue weighted by atomic mass is 15.1. The van der Waals surface area contributed by atoms with Gasteiger partial charge in [0, 0.05) is 32.2 Å². The van der Waals surface area contributed by atoms with E-state index in [-0.39, 0.29) is 0 Å². The molecule has 0 radical (unpaired) electrons. The summed E-state index contributed by atoms with van der Waals surface area (Å²) in [5.74, 6) is 0. The molecule has 0 fully saturated rings. The van der Waals surface area contributed by atoms with Crippen LogP contribution in [0.15, 0.2) is 79.1 Å². The Morgan fingerprint density at radius 2 is 1.39 bits per heavy atom. The third-order valence-electron chi connectivity index (χ3n) is 3.80. The molecule has 0 amide bonds. The number of pyridine rings is 1. The standard InChI is InChI=1S/C21H20N2/c1-23(2)20-10-8-17(9-11-20)16-21(18-6-4-3-5-7-18)19-12-14-22-15-13-19/h3-16H,1-2H3/b21-16+. The molecule has 2 aromatic carbocycles. The predicted octanol–water partition coefficient (Wildman–Crippen LogP) is 4.74. The lowest BCUT2D eigenvalue weighted by Gasteiger charge is -2.13. The van der Waals surface area contributed by atoms with Crippen molar-refractivity contribution < 1.29 is 0 Å². The minimum Gasteiger partial charge on any atom is -0.378 e. The molecule has 23 heavy (non-hydrogen) atoms. The maximum Gasteiger partial charge on any atom is 0.0361 e. The number of benzene rings is 2. The van der Waals surface area contributed by atoms with Gasteiger partial charge in [0.1, 0.15) is 0 Å². The molecule has 0 atom stereocenters. The summed E-state index contributed by atoms with van der Waals surface area (Å²) in [6, 6.07) is 23.1. The average Bonchev–Trinajstić information content (AvgIpc) is 2.61. The third-order valence-corrected chi connectivity index (χ3v) is 3.80.